The number of amides is 2. The van der Waals surface area contributed by atoms with Crippen LogP contribution in [0, 0.1) is 0 Å². The van der Waals surface area contributed by atoms with Gasteiger partial charge in [0.15, 0.2) is 0 Å². The molecule has 1 aliphatic carbocycles. The van der Waals surface area contributed by atoms with Crippen LogP contribution < -0.4 is 10.6 Å². The van der Waals surface area contributed by atoms with Crippen LogP contribution in [-0.2, 0) is 22.6 Å². The maximum Gasteiger partial charge on any atom is 0.408 e. The van der Waals surface area contributed by atoms with Crippen LogP contribution in [0.2, 0.25) is 5.02 Å². The van der Waals surface area contributed by atoms with Gasteiger partial charge in [-0.15, -0.1) is 0 Å². The molecule has 1 aliphatic rings. The first-order valence-corrected chi connectivity index (χ1v) is 11.8. The Kier molecular flexibility index (Phi) is 8.75. The predicted octanol–water partition coefficient (Wildman–Crippen LogP) is 4.56. The number of halogens is 1. The molecule has 0 heterocycles. The van der Waals surface area contributed by atoms with E-state index in [1.807, 2.05) is 48.5 Å². The smallest absolute Gasteiger partial charge is 0.408 e. The monoisotopic (exact) mass is 471 g/mol. The number of carbonyl (C=O) groups excluding carboxylic acids is 2. The molecule has 1 saturated carbocycles. The molecule has 2 aromatic carbocycles. The summed E-state index contributed by atoms with van der Waals surface area (Å²) in [6, 6.07) is 16.9. The molecule has 0 spiro atoms. The van der Waals surface area contributed by atoms with E-state index in [0.717, 1.165) is 42.7 Å². The van der Waals surface area contributed by atoms with Crippen molar-refractivity contribution in [2.45, 2.75) is 63.3 Å². The summed E-state index contributed by atoms with van der Waals surface area (Å²) in [7, 11) is 4.24. The number of nitrogens with zero attached hydrogens (tertiary/aromatic N) is 1. The number of hydrogen-bond donors (Lipinski definition) is 2. The van der Waals surface area contributed by atoms with Gasteiger partial charge < -0.3 is 20.3 Å². The molecule has 1 atom stereocenters. The maximum absolute atomic E-state index is 12.6. The second-order valence-corrected chi connectivity index (χ2v) is 9.57. The van der Waals surface area contributed by atoms with Crippen LogP contribution in [0.4, 0.5) is 4.79 Å². The van der Waals surface area contributed by atoms with Gasteiger partial charge in [0.1, 0.15) is 12.6 Å². The van der Waals surface area contributed by atoms with E-state index in [-0.39, 0.29) is 24.1 Å². The number of hydrogen-bond acceptors (Lipinski definition) is 4. The van der Waals surface area contributed by atoms with Crippen molar-refractivity contribution in [3.63, 3.8) is 0 Å². The first-order valence-electron chi connectivity index (χ1n) is 11.5. The Balaban J connectivity index is 1.46. The lowest BCUT2D eigenvalue weighted by Gasteiger charge is -2.45. The van der Waals surface area contributed by atoms with Crippen molar-refractivity contribution in [3.8, 4) is 0 Å². The van der Waals surface area contributed by atoms with Crippen molar-refractivity contribution in [2.75, 3.05) is 14.1 Å². The van der Waals surface area contributed by atoms with Crippen molar-refractivity contribution < 1.29 is 14.3 Å². The third-order valence-corrected chi connectivity index (χ3v) is 6.81. The van der Waals surface area contributed by atoms with Gasteiger partial charge in [-0.05, 0) is 76.4 Å². The predicted molar refractivity (Wildman–Crippen MR) is 131 cm³/mol. The van der Waals surface area contributed by atoms with Crippen LogP contribution in [0.1, 0.15) is 43.7 Å². The Morgan fingerprint density at radius 1 is 1.09 bits per heavy atom. The molecule has 7 heteroatoms. The number of benzene rings is 2. The molecule has 178 valence electrons. The third-order valence-electron chi connectivity index (χ3n) is 6.57. The Bertz CT molecular complexity index is 927. The number of rotatable bonds is 8. The summed E-state index contributed by atoms with van der Waals surface area (Å²) in [5.41, 5.74) is 2.16. The summed E-state index contributed by atoms with van der Waals surface area (Å²) in [5, 5.41) is 6.47. The average Bonchev–Trinajstić information content (AvgIpc) is 2.79. The third kappa shape index (κ3) is 7.21. The summed E-state index contributed by atoms with van der Waals surface area (Å²) >= 11 is 6.18. The largest absolute Gasteiger partial charge is 0.445 e. The van der Waals surface area contributed by atoms with E-state index in [9.17, 15) is 9.59 Å². The number of nitrogens with one attached hydrogen (secondary N) is 2. The summed E-state index contributed by atoms with van der Waals surface area (Å²) in [6.07, 6.45) is 4.03. The molecule has 0 saturated heterocycles. The van der Waals surface area contributed by atoms with Crippen LogP contribution in [0.3, 0.4) is 0 Å². The van der Waals surface area contributed by atoms with Crippen LogP contribution in [0.15, 0.2) is 54.6 Å². The van der Waals surface area contributed by atoms with E-state index in [1.54, 1.807) is 6.92 Å². The first kappa shape index (κ1) is 25.1. The van der Waals surface area contributed by atoms with Gasteiger partial charge in [0.2, 0.25) is 5.91 Å². The molecule has 3 rings (SSSR count). The second-order valence-electron chi connectivity index (χ2n) is 9.14. The van der Waals surface area contributed by atoms with Crippen LogP contribution >= 0.6 is 11.6 Å². The van der Waals surface area contributed by atoms with E-state index in [0.29, 0.717) is 0 Å². The van der Waals surface area contributed by atoms with E-state index in [4.69, 9.17) is 16.3 Å². The van der Waals surface area contributed by atoms with Crippen LogP contribution in [0.5, 0.6) is 0 Å². The fraction of sp³-hybridized carbons (Fsp3) is 0.462. The van der Waals surface area contributed by atoms with E-state index < -0.39 is 12.1 Å². The molecule has 2 aromatic rings. The normalized spacial score (nSPS) is 21.3. The fourth-order valence-corrected chi connectivity index (χ4v) is 4.65. The topological polar surface area (TPSA) is 70.7 Å². The fourth-order valence-electron chi connectivity index (χ4n) is 4.44. The second kappa shape index (κ2) is 11.5. The standard InChI is InChI=1S/C26H34ClN3O3/c1-19(28-25(32)33-18-20-8-5-4-6-9-20)24(31)29-23-12-14-26(15-13-23,30(2)3)17-21-10-7-11-22(27)16-21/h4-11,16,19,23H,12-15,17-18H2,1-3H3,(H,28,32)(H,29,31). The quantitative estimate of drug-likeness (QED) is 0.592. The number of ether oxygens (including phenoxy) is 1. The minimum atomic E-state index is -0.666. The molecule has 1 fully saturated rings. The highest BCUT2D eigenvalue weighted by Crippen LogP contribution is 2.35. The number of likely N-dealkylation sites (N-methyl/N-ethyl adjacent to an activating group) is 1. The van der Waals surface area contributed by atoms with Gasteiger partial charge >= 0.3 is 6.09 Å². The lowest BCUT2D eigenvalue weighted by Crippen LogP contribution is -2.54. The SMILES string of the molecule is CC(NC(=O)OCc1ccccc1)C(=O)NC1CCC(Cc2cccc(Cl)c2)(N(C)C)CC1. The van der Waals surface area contributed by atoms with Gasteiger partial charge in [0.25, 0.3) is 0 Å². The lowest BCUT2D eigenvalue weighted by atomic mass is 9.75. The van der Waals surface area contributed by atoms with E-state index in [2.05, 4.69) is 35.7 Å². The molecular weight excluding hydrogens is 438 g/mol. The molecule has 33 heavy (non-hydrogen) atoms. The molecular formula is C26H34ClN3O3. The van der Waals surface area contributed by atoms with E-state index >= 15 is 0 Å². The summed E-state index contributed by atoms with van der Waals surface area (Å²) in [5.74, 6) is -0.191. The average molecular weight is 472 g/mol. The number of carbonyl (C=O) groups is 2. The Morgan fingerprint density at radius 3 is 2.39 bits per heavy atom. The molecule has 2 N–H and O–H groups in total. The molecule has 0 bridgehead atoms. The maximum atomic E-state index is 12.6. The number of alkyl carbamates (subject to hydrolysis) is 1. The summed E-state index contributed by atoms with van der Waals surface area (Å²) in [4.78, 5) is 27.0. The highest BCUT2D eigenvalue weighted by molar-refractivity contribution is 6.30. The lowest BCUT2D eigenvalue weighted by molar-refractivity contribution is -0.123. The van der Waals surface area contributed by atoms with Crippen molar-refractivity contribution in [3.05, 3.63) is 70.7 Å². The minimum Gasteiger partial charge on any atom is -0.445 e. The minimum absolute atomic E-state index is 0.0387. The van der Waals surface area contributed by atoms with Crippen LogP contribution in [0.25, 0.3) is 0 Å². The van der Waals surface area contributed by atoms with Crippen molar-refractivity contribution in [1.82, 2.24) is 15.5 Å². The zero-order valence-corrected chi connectivity index (χ0v) is 20.4. The zero-order valence-electron chi connectivity index (χ0n) is 19.6. The van der Waals surface area contributed by atoms with Crippen LogP contribution in [-0.4, -0.2) is 48.6 Å². The van der Waals surface area contributed by atoms with Crippen molar-refractivity contribution >= 4 is 23.6 Å². The van der Waals surface area contributed by atoms with Gasteiger partial charge in [-0.3, -0.25) is 4.79 Å². The molecule has 0 radical (unpaired) electrons. The molecule has 0 aliphatic heterocycles. The first-order chi connectivity index (χ1) is 15.8. The summed E-state index contributed by atoms with van der Waals surface area (Å²) < 4.78 is 5.21. The Hall–Kier alpha value is -2.57. The Labute approximate surface area is 201 Å². The summed E-state index contributed by atoms with van der Waals surface area (Å²) in [6.45, 7) is 1.84. The van der Waals surface area contributed by atoms with Gasteiger partial charge in [0, 0.05) is 16.6 Å². The van der Waals surface area contributed by atoms with Crippen molar-refractivity contribution in [1.29, 1.82) is 0 Å². The molecule has 1 unspecified atom stereocenters. The van der Waals surface area contributed by atoms with E-state index in [1.165, 1.54) is 5.56 Å². The highest BCUT2D eigenvalue weighted by atomic mass is 35.5. The molecule has 6 nitrogen and oxygen atoms in total. The van der Waals surface area contributed by atoms with Gasteiger partial charge in [-0.25, -0.2) is 4.79 Å². The molecule has 0 aromatic heterocycles. The molecule has 2 amide bonds. The van der Waals surface area contributed by atoms with Gasteiger partial charge in [-0.2, -0.15) is 0 Å². The Morgan fingerprint density at radius 2 is 1.76 bits per heavy atom. The van der Waals surface area contributed by atoms with Crippen molar-refractivity contribution in [2.24, 2.45) is 0 Å². The highest BCUT2D eigenvalue weighted by Gasteiger charge is 2.38. The zero-order chi connectivity index (χ0) is 23.8. The van der Waals surface area contributed by atoms with Gasteiger partial charge in [-0.1, -0.05) is 54.1 Å². The van der Waals surface area contributed by atoms with Gasteiger partial charge in [0.05, 0.1) is 0 Å².